The first kappa shape index (κ1) is 22.6. The standard InChI is InChI=1S/C20H31N3O4/c1-20(2,3)10-11-22-15(13-17(21)24)18(25)23-16(19(26)27-4)12-14-8-6-5-7-9-14/h5-9,15-16,22H,10-13H2,1-4H3,(H2,21,24)(H,23,25)/t15-,16-/m0/s1. The van der Waals surface area contributed by atoms with E-state index in [0.717, 1.165) is 12.0 Å². The highest BCUT2D eigenvalue weighted by Gasteiger charge is 2.27. The quantitative estimate of drug-likeness (QED) is 0.530. The fraction of sp³-hybridized carbons (Fsp3) is 0.550. The molecule has 0 bridgehead atoms. The van der Waals surface area contributed by atoms with Crippen molar-refractivity contribution in [2.24, 2.45) is 11.1 Å². The van der Waals surface area contributed by atoms with Gasteiger partial charge >= 0.3 is 5.97 Å². The van der Waals surface area contributed by atoms with E-state index in [1.807, 2.05) is 30.3 Å². The van der Waals surface area contributed by atoms with Crippen molar-refractivity contribution in [2.75, 3.05) is 13.7 Å². The van der Waals surface area contributed by atoms with Crippen molar-refractivity contribution in [1.29, 1.82) is 0 Å². The Morgan fingerprint density at radius 2 is 1.74 bits per heavy atom. The molecule has 0 aliphatic carbocycles. The van der Waals surface area contributed by atoms with Gasteiger partial charge < -0.3 is 21.1 Å². The SMILES string of the molecule is COC(=O)[C@H](Cc1ccccc1)NC(=O)[C@H](CC(N)=O)NCCC(C)(C)C. The van der Waals surface area contributed by atoms with Crippen LogP contribution in [-0.2, 0) is 25.5 Å². The van der Waals surface area contributed by atoms with Gasteiger partial charge in [-0.25, -0.2) is 4.79 Å². The van der Waals surface area contributed by atoms with Crippen LogP contribution in [0.1, 0.15) is 39.2 Å². The van der Waals surface area contributed by atoms with Crippen LogP contribution in [0.25, 0.3) is 0 Å². The molecule has 0 aromatic heterocycles. The lowest BCUT2D eigenvalue weighted by Gasteiger charge is -2.24. The molecule has 0 aliphatic rings. The van der Waals surface area contributed by atoms with E-state index in [-0.39, 0.29) is 11.8 Å². The molecule has 0 unspecified atom stereocenters. The van der Waals surface area contributed by atoms with Gasteiger partial charge in [-0.15, -0.1) is 0 Å². The lowest BCUT2D eigenvalue weighted by Crippen LogP contribution is -2.52. The molecule has 4 N–H and O–H groups in total. The lowest BCUT2D eigenvalue weighted by atomic mass is 9.92. The molecule has 0 spiro atoms. The van der Waals surface area contributed by atoms with Crippen LogP contribution in [0.4, 0.5) is 0 Å². The van der Waals surface area contributed by atoms with Crippen molar-refractivity contribution in [3.63, 3.8) is 0 Å². The Balaban J connectivity index is 2.80. The molecule has 0 saturated carbocycles. The van der Waals surface area contributed by atoms with E-state index in [1.165, 1.54) is 7.11 Å². The Hall–Kier alpha value is -2.41. The summed E-state index contributed by atoms with van der Waals surface area (Å²) in [5.41, 5.74) is 6.25. The van der Waals surface area contributed by atoms with E-state index in [9.17, 15) is 14.4 Å². The number of primary amides is 1. The van der Waals surface area contributed by atoms with Gasteiger partial charge in [0, 0.05) is 6.42 Å². The third-order valence-corrected chi connectivity index (χ3v) is 4.07. The van der Waals surface area contributed by atoms with Crippen LogP contribution < -0.4 is 16.4 Å². The van der Waals surface area contributed by atoms with Crippen LogP contribution in [0.3, 0.4) is 0 Å². The predicted octanol–water partition coefficient (Wildman–Crippen LogP) is 1.16. The number of rotatable bonds is 10. The zero-order valence-corrected chi connectivity index (χ0v) is 16.6. The summed E-state index contributed by atoms with van der Waals surface area (Å²) in [4.78, 5) is 36.1. The van der Waals surface area contributed by atoms with Crippen LogP contribution in [0.2, 0.25) is 0 Å². The molecule has 150 valence electrons. The van der Waals surface area contributed by atoms with E-state index in [4.69, 9.17) is 10.5 Å². The number of methoxy groups -OCH3 is 1. The van der Waals surface area contributed by atoms with Crippen LogP contribution >= 0.6 is 0 Å². The number of amides is 2. The van der Waals surface area contributed by atoms with E-state index >= 15 is 0 Å². The van der Waals surface area contributed by atoms with Crippen molar-refractivity contribution in [2.45, 2.75) is 52.1 Å². The van der Waals surface area contributed by atoms with E-state index in [1.54, 1.807) is 0 Å². The van der Waals surface area contributed by atoms with Gasteiger partial charge in [-0.3, -0.25) is 9.59 Å². The van der Waals surface area contributed by atoms with Crippen molar-refractivity contribution in [3.8, 4) is 0 Å². The molecule has 1 aromatic rings. The molecule has 0 heterocycles. The normalized spacial score (nSPS) is 13.5. The summed E-state index contributed by atoms with van der Waals surface area (Å²) in [7, 11) is 1.27. The van der Waals surface area contributed by atoms with E-state index < -0.39 is 29.9 Å². The summed E-state index contributed by atoms with van der Waals surface area (Å²) >= 11 is 0. The summed E-state index contributed by atoms with van der Waals surface area (Å²) in [5, 5.41) is 5.75. The van der Waals surface area contributed by atoms with Crippen LogP contribution in [0, 0.1) is 5.41 Å². The molecule has 0 fully saturated rings. The molecular weight excluding hydrogens is 346 g/mol. The highest BCUT2D eigenvalue weighted by atomic mass is 16.5. The maximum absolute atomic E-state index is 12.7. The van der Waals surface area contributed by atoms with E-state index in [0.29, 0.717) is 13.0 Å². The number of hydrogen-bond donors (Lipinski definition) is 3. The number of carbonyl (C=O) groups excluding carboxylic acids is 3. The molecule has 0 saturated heterocycles. The summed E-state index contributed by atoms with van der Waals surface area (Å²) in [6, 6.07) is 7.68. The van der Waals surface area contributed by atoms with E-state index in [2.05, 4.69) is 31.4 Å². The third kappa shape index (κ3) is 9.19. The fourth-order valence-electron chi connectivity index (χ4n) is 2.54. The van der Waals surface area contributed by atoms with Gasteiger partial charge in [0.15, 0.2) is 0 Å². The fourth-order valence-corrected chi connectivity index (χ4v) is 2.54. The second-order valence-corrected chi connectivity index (χ2v) is 7.76. The van der Waals surface area contributed by atoms with Crippen molar-refractivity contribution >= 4 is 17.8 Å². The Bertz CT molecular complexity index is 626. The van der Waals surface area contributed by atoms with Gasteiger partial charge in [0.1, 0.15) is 6.04 Å². The Kier molecular flexibility index (Phi) is 8.94. The first-order valence-corrected chi connectivity index (χ1v) is 9.06. The molecule has 2 atom stereocenters. The Morgan fingerprint density at radius 1 is 1.11 bits per heavy atom. The Morgan fingerprint density at radius 3 is 2.26 bits per heavy atom. The molecule has 1 aromatic carbocycles. The van der Waals surface area contributed by atoms with Crippen molar-refractivity contribution in [1.82, 2.24) is 10.6 Å². The molecule has 2 amide bonds. The molecule has 27 heavy (non-hydrogen) atoms. The monoisotopic (exact) mass is 377 g/mol. The maximum Gasteiger partial charge on any atom is 0.328 e. The van der Waals surface area contributed by atoms with Gasteiger partial charge in [0.25, 0.3) is 0 Å². The second-order valence-electron chi connectivity index (χ2n) is 7.76. The largest absolute Gasteiger partial charge is 0.467 e. The summed E-state index contributed by atoms with van der Waals surface area (Å²) in [6.45, 7) is 6.82. The van der Waals surface area contributed by atoms with Crippen LogP contribution in [0.5, 0.6) is 0 Å². The lowest BCUT2D eigenvalue weighted by molar-refractivity contribution is -0.145. The number of ether oxygens (including phenoxy) is 1. The van der Waals surface area contributed by atoms with Gasteiger partial charge in [-0.2, -0.15) is 0 Å². The average Bonchev–Trinajstić information content (AvgIpc) is 2.59. The zero-order valence-electron chi connectivity index (χ0n) is 16.6. The number of nitrogens with one attached hydrogen (secondary N) is 2. The minimum absolute atomic E-state index is 0.0859. The molecule has 0 aliphatic heterocycles. The van der Waals surface area contributed by atoms with Gasteiger partial charge in [0.2, 0.25) is 11.8 Å². The van der Waals surface area contributed by atoms with Gasteiger partial charge in [-0.1, -0.05) is 51.1 Å². The Labute approximate surface area is 161 Å². The highest BCUT2D eigenvalue weighted by molar-refractivity contribution is 5.91. The first-order valence-electron chi connectivity index (χ1n) is 9.06. The number of hydrogen-bond acceptors (Lipinski definition) is 5. The smallest absolute Gasteiger partial charge is 0.328 e. The van der Waals surface area contributed by atoms with Gasteiger partial charge in [-0.05, 0) is 23.9 Å². The maximum atomic E-state index is 12.7. The second kappa shape index (κ2) is 10.7. The third-order valence-electron chi connectivity index (χ3n) is 4.07. The average molecular weight is 377 g/mol. The number of esters is 1. The molecule has 0 radical (unpaired) electrons. The summed E-state index contributed by atoms with van der Waals surface area (Å²) in [5.74, 6) is -1.58. The number of benzene rings is 1. The topological polar surface area (TPSA) is 111 Å². The van der Waals surface area contributed by atoms with Crippen LogP contribution in [-0.4, -0.2) is 43.5 Å². The molecular formula is C20H31N3O4. The predicted molar refractivity (Wildman–Crippen MR) is 104 cm³/mol. The number of carbonyl (C=O) groups is 3. The van der Waals surface area contributed by atoms with Crippen molar-refractivity contribution < 1.29 is 19.1 Å². The van der Waals surface area contributed by atoms with Gasteiger partial charge in [0.05, 0.1) is 19.6 Å². The zero-order chi connectivity index (χ0) is 20.4. The van der Waals surface area contributed by atoms with Crippen molar-refractivity contribution in [3.05, 3.63) is 35.9 Å². The summed E-state index contributed by atoms with van der Waals surface area (Å²) in [6.07, 6.45) is 0.972. The number of nitrogens with two attached hydrogens (primary N) is 1. The molecule has 7 heteroatoms. The minimum Gasteiger partial charge on any atom is -0.467 e. The highest BCUT2D eigenvalue weighted by Crippen LogP contribution is 2.17. The summed E-state index contributed by atoms with van der Waals surface area (Å²) < 4.78 is 4.81. The molecule has 1 rings (SSSR count). The minimum atomic E-state index is -0.843. The first-order chi connectivity index (χ1) is 12.6. The molecule has 7 nitrogen and oxygen atoms in total. The van der Waals surface area contributed by atoms with Crippen LogP contribution in [0.15, 0.2) is 30.3 Å².